The molecule has 120 valence electrons. The van der Waals surface area contributed by atoms with Crippen LogP contribution in [0.15, 0.2) is 45.7 Å². The van der Waals surface area contributed by atoms with Crippen LogP contribution in [-0.4, -0.2) is 15.5 Å². The molecule has 0 bridgehead atoms. The molecular weight excluding hydrogens is 429 g/mol. The maximum absolute atomic E-state index is 11.6. The molecule has 3 rings (SSSR count). The van der Waals surface area contributed by atoms with Gasteiger partial charge in [0.05, 0.1) is 21.1 Å². The van der Waals surface area contributed by atoms with E-state index >= 15 is 0 Å². The largest absolute Gasteiger partial charge is 0.496 e. The van der Waals surface area contributed by atoms with E-state index < -0.39 is 10.0 Å². The zero-order valence-electron chi connectivity index (χ0n) is 12.5. The van der Waals surface area contributed by atoms with E-state index in [2.05, 4.69) is 0 Å². The molecule has 0 aliphatic rings. The van der Waals surface area contributed by atoms with Crippen LogP contribution < -0.4 is 9.88 Å². The fourth-order valence-electron chi connectivity index (χ4n) is 2.40. The fourth-order valence-corrected chi connectivity index (χ4v) is 3.94. The van der Waals surface area contributed by atoms with Gasteiger partial charge in [0.15, 0.2) is 0 Å². The summed E-state index contributed by atoms with van der Waals surface area (Å²) in [6.07, 6.45) is 0. The number of primary sulfonamides is 1. The second-order valence-corrected chi connectivity index (χ2v) is 7.91. The molecule has 7 heteroatoms. The van der Waals surface area contributed by atoms with Crippen molar-refractivity contribution in [1.82, 2.24) is 0 Å². The molecule has 1 heterocycles. The zero-order valence-corrected chi connectivity index (χ0v) is 15.4. The summed E-state index contributed by atoms with van der Waals surface area (Å²) in [5.74, 6) is 1.31. The SMILES string of the molecule is COc1ccc(C)cc1-c1cc2cc(S(N)(=O)=O)cc(I)c2o1. The Bertz CT molecular complexity index is 1010. The van der Waals surface area contributed by atoms with Gasteiger partial charge < -0.3 is 9.15 Å². The van der Waals surface area contributed by atoms with Crippen LogP contribution in [0.4, 0.5) is 0 Å². The first kappa shape index (κ1) is 16.3. The van der Waals surface area contributed by atoms with E-state index in [-0.39, 0.29) is 4.90 Å². The Morgan fingerprint density at radius 2 is 1.91 bits per heavy atom. The molecule has 0 radical (unpaired) electrons. The molecule has 0 spiro atoms. The molecule has 0 saturated carbocycles. The van der Waals surface area contributed by atoms with Gasteiger partial charge in [0.25, 0.3) is 0 Å². The number of rotatable bonds is 3. The molecule has 5 nitrogen and oxygen atoms in total. The van der Waals surface area contributed by atoms with Gasteiger partial charge in [0, 0.05) is 5.39 Å². The Labute approximate surface area is 147 Å². The second kappa shape index (κ2) is 5.81. The van der Waals surface area contributed by atoms with Crippen molar-refractivity contribution in [3.05, 3.63) is 45.5 Å². The summed E-state index contributed by atoms with van der Waals surface area (Å²) < 4.78 is 35.1. The highest BCUT2D eigenvalue weighted by Gasteiger charge is 2.17. The van der Waals surface area contributed by atoms with Crippen molar-refractivity contribution in [2.24, 2.45) is 5.14 Å². The Morgan fingerprint density at radius 3 is 2.57 bits per heavy atom. The standard InChI is InChI=1S/C16H14INO4S/c1-9-3-4-14(21-2)12(5-9)15-7-10-6-11(23(18,19)20)8-13(17)16(10)22-15/h3-8H,1-2H3,(H2,18,19,20). The molecule has 2 N–H and O–H groups in total. The molecule has 0 aliphatic heterocycles. The van der Waals surface area contributed by atoms with Gasteiger partial charge in [0.2, 0.25) is 10.0 Å². The minimum Gasteiger partial charge on any atom is -0.496 e. The van der Waals surface area contributed by atoms with Crippen LogP contribution in [0.5, 0.6) is 5.75 Å². The third-order valence-electron chi connectivity index (χ3n) is 3.49. The highest BCUT2D eigenvalue weighted by Crippen LogP contribution is 2.37. The molecule has 0 fully saturated rings. The fraction of sp³-hybridized carbons (Fsp3) is 0.125. The molecule has 0 aliphatic carbocycles. The number of nitrogens with two attached hydrogens (primary N) is 1. The average molecular weight is 443 g/mol. The lowest BCUT2D eigenvalue weighted by molar-refractivity contribution is 0.415. The van der Waals surface area contributed by atoms with E-state index in [0.717, 1.165) is 11.1 Å². The minimum atomic E-state index is -3.76. The lowest BCUT2D eigenvalue weighted by Gasteiger charge is -2.06. The second-order valence-electron chi connectivity index (χ2n) is 5.18. The third-order valence-corrected chi connectivity index (χ3v) is 5.19. The molecule has 0 amide bonds. The van der Waals surface area contributed by atoms with E-state index in [1.54, 1.807) is 13.2 Å². The van der Waals surface area contributed by atoms with E-state index in [9.17, 15) is 8.42 Å². The van der Waals surface area contributed by atoms with Gasteiger partial charge in [0.1, 0.15) is 17.1 Å². The molecule has 0 unspecified atom stereocenters. The van der Waals surface area contributed by atoms with Crippen molar-refractivity contribution in [1.29, 1.82) is 0 Å². The number of hydrogen-bond acceptors (Lipinski definition) is 4. The van der Waals surface area contributed by atoms with Crippen LogP contribution in [-0.2, 0) is 10.0 Å². The number of halogens is 1. The predicted molar refractivity (Wildman–Crippen MR) is 97.0 cm³/mol. The summed E-state index contributed by atoms with van der Waals surface area (Å²) in [6.45, 7) is 1.98. The van der Waals surface area contributed by atoms with Crippen molar-refractivity contribution in [3.8, 4) is 17.1 Å². The highest BCUT2D eigenvalue weighted by molar-refractivity contribution is 14.1. The van der Waals surface area contributed by atoms with Gasteiger partial charge in [-0.05, 0) is 59.8 Å². The number of sulfonamides is 1. The predicted octanol–water partition coefficient (Wildman–Crippen LogP) is 3.67. The van der Waals surface area contributed by atoms with Gasteiger partial charge in [-0.25, -0.2) is 13.6 Å². The van der Waals surface area contributed by atoms with Gasteiger partial charge in [-0.15, -0.1) is 0 Å². The summed E-state index contributed by atoms with van der Waals surface area (Å²) in [4.78, 5) is 0.0676. The number of hydrogen-bond donors (Lipinski definition) is 1. The number of fused-ring (bicyclic) bond motifs is 1. The van der Waals surface area contributed by atoms with Crippen LogP contribution in [0.3, 0.4) is 0 Å². The minimum absolute atomic E-state index is 0.0676. The Morgan fingerprint density at radius 1 is 1.17 bits per heavy atom. The molecule has 2 aromatic carbocycles. The van der Waals surface area contributed by atoms with Crippen LogP contribution in [0, 0.1) is 10.5 Å². The molecule has 0 saturated heterocycles. The number of methoxy groups -OCH3 is 1. The smallest absolute Gasteiger partial charge is 0.238 e. The van der Waals surface area contributed by atoms with Gasteiger partial charge in [-0.1, -0.05) is 11.6 Å². The van der Waals surface area contributed by atoms with Crippen molar-refractivity contribution >= 4 is 43.6 Å². The number of ether oxygens (including phenoxy) is 1. The first-order valence-electron chi connectivity index (χ1n) is 6.70. The summed E-state index contributed by atoms with van der Waals surface area (Å²) in [5.41, 5.74) is 2.51. The number of furan rings is 1. The topological polar surface area (TPSA) is 82.5 Å². The molecule has 0 atom stereocenters. The van der Waals surface area contributed by atoms with Crippen molar-refractivity contribution in [2.45, 2.75) is 11.8 Å². The number of benzene rings is 2. The van der Waals surface area contributed by atoms with E-state index in [1.807, 2.05) is 47.7 Å². The molecule has 3 aromatic rings. The van der Waals surface area contributed by atoms with Gasteiger partial charge in [-0.2, -0.15) is 0 Å². The first-order chi connectivity index (χ1) is 10.8. The van der Waals surface area contributed by atoms with Crippen molar-refractivity contribution in [3.63, 3.8) is 0 Å². The monoisotopic (exact) mass is 443 g/mol. The Balaban J connectivity index is 2.26. The Hall–Kier alpha value is -1.58. The maximum Gasteiger partial charge on any atom is 0.238 e. The van der Waals surface area contributed by atoms with Crippen LogP contribution >= 0.6 is 22.6 Å². The van der Waals surface area contributed by atoms with E-state index in [4.69, 9.17) is 14.3 Å². The third kappa shape index (κ3) is 3.08. The average Bonchev–Trinajstić information content (AvgIpc) is 2.91. The van der Waals surface area contributed by atoms with Crippen molar-refractivity contribution < 1.29 is 17.6 Å². The number of aryl methyl sites for hydroxylation is 1. The quantitative estimate of drug-likeness (QED) is 0.627. The summed E-state index contributed by atoms with van der Waals surface area (Å²) in [5, 5.41) is 5.90. The summed E-state index contributed by atoms with van der Waals surface area (Å²) >= 11 is 2.04. The molecule has 23 heavy (non-hydrogen) atoms. The van der Waals surface area contributed by atoms with Crippen molar-refractivity contribution in [2.75, 3.05) is 7.11 Å². The van der Waals surface area contributed by atoms with Crippen LogP contribution in [0.25, 0.3) is 22.3 Å². The van der Waals surface area contributed by atoms with E-state index in [0.29, 0.717) is 26.0 Å². The summed E-state index contributed by atoms with van der Waals surface area (Å²) in [6, 6.07) is 10.6. The first-order valence-corrected chi connectivity index (χ1v) is 9.33. The van der Waals surface area contributed by atoms with Gasteiger partial charge in [-0.3, -0.25) is 0 Å². The molecular formula is C16H14INO4S. The normalized spacial score (nSPS) is 11.8. The molecule has 1 aromatic heterocycles. The lowest BCUT2D eigenvalue weighted by Crippen LogP contribution is -2.12. The maximum atomic E-state index is 11.6. The summed E-state index contributed by atoms with van der Waals surface area (Å²) in [7, 11) is -2.17. The zero-order chi connectivity index (χ0) is 16.8. The lowest BCUT2D eigenvalue weighted by atomic mass is 10.1. The van der Waals surface area contributed by atoms with E-state index in [1.165, 1.54) is 12.1 Å². The highest BCUT2D eigenvalue weighted by atomic mass is 127. The Kier molecular flexibility index (Phi) is 4.11. The van der Waals surface area contributed by atoms with Crippen LogP contribution in [0.2, 0.25) is 0 Å². The van der Waals surface area contributed by atoms with Crippen LogP contribution in [0.1, 0.15) is 5.56 Å². The van der Waals surface area contributed by atoms with Gasteiger partial charge >= 0.3 is 0 Å².